The quantitative estimate of drug-likeness (QED) is 0.476. The number of nitrogens with one attached hydrogen (secondary N) is 3. The minimum atomic E-state index is -3.81. The van der Waals surface area contributed by atoms with Crippen LogP contribution in [-0.2, 0) is 14.8 Å². The van der Waals surface area contributed by atoms with Gasteiger partial charge >= 0.3 is 0 Å². The van der Waals surface area contributed by atoms with Crippen molar-refractivity contribution in [1.29, 1.82) is 0 Å². The molecule has 1 saturated heterocycles. The van der Waals surface area contributed by atoms with E-state index < -0.39 is 10.0 Å². The molecule has 1 fully saturated rings. The van der Waals surface area contributed by atoms with Gasteiger partial charge in [-0.15, -0.1) is 0 Å². The molecule has 0 spiro atoms. The average Bonchev–Trinajstić information content (AvgIpc) is 3.25. The van der Waals surface area contributed by atoms with Crippen LogP contribution in [0, 0.1) is 0 Å². The van der Waals surface area contributed by atoms with E-state index in [9.17, 15) is 13.2 Å². The third-order valence-electron chi connectivity index (χ3n) is 5.33. The lowest BCUT2D eigenvalue weighted by molar-refractivity contribution is 0.0383. The Balaban J connectivity index is 1.47. The van der Waals surface area contributed by atoms with E-state index in [0.717, 1.165) is 25.0 Å². The molecule has 2 aromatic carbocycles. The number of morpholine rings is 1. The Bertz CT molecular complexity index is 1180. The second kappa shape index (κ2) is 9.60. The van der Waals surface area contributed by atoms with Gasteiger partial charge in [-0.2, -0.15) is 0 Å². The normalized spacial score (nSPS) is 14.9. The van der Waals surface area contributed by atoms with Crippen molar-refractivity contribution in [2.24, 2.45) is 0 Å². The van der Waals surface area contributed by atoms with Crippen molar-refractivity contribution >= 4 is 32.5 Å². The van der Waals surface area contributed by atoms with Crippen molar-refractivity contribution in [2.45, 2.75) is 4.90 Å². The molecule has 0 radical (unpaired) electrons. The highest BCUT2D eigenvalue weighted by molar-refractivity contribution is 7.92. The van der Waals surface area contributed by atoms with Crippen LogP contribution in [0.4, 0.5) is 5.69 Å². The number of hydrogen-bond donors (Lipinski definition) is 3. The molecule has 0 saturated carbocycles. The van der Waals surface area contributed by atoms with E-state index in [2.05, 4.69) is 19.9 Å². The number of anilines is 1. The van der Waals surface area contributed by atoms with Crippen LogP contribution in [0.2, 0.25) is 0 Å². The highest BCUT2D eigenvalue weighted by Gasteiger charge is 2.18. The number of methoxy groups -OCH3 is 1. The van der Waals surface area contributed by atoms with Gasteiger partial charge in [-0.25, -0.2) is 8.42 Å². The smallest absolute Gasteiger partial charge is 0.267 e. The van der Waals surface area contributed by atoms with Gasteiger partial charge in [0.1, 0.15) is 11.4 Å². The molecule has 1 aliphatic heterocycles. The maximum absolute atomic E-state index is 12.8. The van der Waals surface area contributed by atoms with Crippen LogP contribution in [0.3, 0.4) is 0 Å². The second-order valence-electron chi connectivity index (χ2n) is 7.44. The lowest BCUT2D eigenvalue weighted by Crippen LogP contribution is -2.41. The number of rotatable bonds is 8. The van der Waals surface area contributed by atoms with Gasteiger partial charge < -0.3 is 19.8 Å². The highest BCUT2D eigenvalue weighted by atomic mass is 32.2. The number of benzene rings is 2. The molecular weight excluding hydrogens is 432 g/mol. The zero-order valence-electron chi connectivity index (χ0n) is 17.8. The molecule has 9 nitrogen and oxygen atoms in total. The molecule has 0 unspecified atom stereocenters. The Morgan fingerprint density at radius 1 is 1.16 bits per heavy atom. The van der Waals surface area contributed by atoms with Crippen LogP contribution in [-0.4, -0.2) is 70.7 Å². The number of hydrogen-bond acceptors (Lipinski definition) is 6. The number of ether oxygens (including phenoxy) is 2. The summed E-state index contributed by atoms with van der Waals surface area (Å²) in [7, 11) is -2.29. The van der Waals surface area contributed by atoms with E-state index in [0.29, 0.717) is 42.4 Å². The zero-order valence-corrected chi connectivity index (χ0v) is 18.6. The summed E-state index contributed by atoms with van der Waals surface area (Å²) in [5.41, 5.74) is 1.28. The van der Waals surface area contributed by atoms with E-state index >= 15 is 0 Å². The largest absolute Gasteiger partial charge is 0.497 e. The van der Waals surface area contributed by atoms with Crippen LogP contribution >= 0.6 is 0 Å². The maximum Gasteiger partial charge on any atom is 0.267 e. The van der Waals surface area contributed by atoms with Gasteiger partial charge in [-0.05, 0) is 36.4 Å². The fourth-order valence-electron chi connectivity index (χ4n) is 3.57. The van der Waals surface area contributed by atoms with Crippen molar-refractivity contribution in [3.63, 3.8) is 0 Å². The van der Waals surface area contributed by atoms with Crippen LogP contribution < -0.4 is 14.8 Å². The van der Waals surface area contributed by atoms with Gasteiger partial charge in [0.2, 0.25) is 0 Å². The molecule has 1 amide bonds. The number of nitrogens with zero attached hydrogens (tertiary/aromatic N) is 1. The van der Waals surface area contributed by atoms with Crippen LogP contribution in [0.15, 0.2) is 53.4 Å². The SMILES string of the molecule is COc1ccc(S(=O)(=O)Nc2cccc3cc(C(=O)NCCN4CCOCC4)[nH]c23)cc1. The first-order valence-corrected chi connectivity index (χ1v) is 11.8. The van der Waals surface area contributed by atoms with Gasteiger partial charge in [-0.3, -0.25) is 14.4 Å². The van der Waals surface area contributed by atoms with Crippen LogP contribution in [0.25, 0.3) is 10.9 Å². The molecular formula is C22H26N4O5S. The van der Waals surface area contributed by atoms with E-state index in [1.54, 1.807) is 30.3 Å². The van der Waals surface area contributed by atoms with Crippen molar-refractivity contribution in [3.8, 4) is 5.75 Å². The molecule has 3 N–H and O–H groups in total. The molecule has 3 aromatic rings. The fourth-order valence-corrected chi connectivity index (χ4v) is 4.64. The van der Waals surface area contributed by atoms with Crippen LogP contribution in [0.5, 0.6) is 5.75 Å². The van der Waals surface area contributed by atoms with Crippen molar-refractivity contribution in [2.75, 3.05) is 51.2 Å². The minimum absolute atomic E-state index is 0.114. The lowest BCUT2D eigenvalue weighted by Gasteiger charge is -2.26. The molecule has 2 heterocycles. The van der Waals surface area contributed by atoms with Crippen molar-refractivity contribution < 1.29 is 22.7 Å². The number of carbonyl (C=O) groups excluding carboxylic acids is 1. The molecule has 1 aliphatic rings. The summed E-state index contributed by atoms with van der Waals surface area (Å²) >= 11 is 0. The van der Waals surface area contributed by atoms with Gasteiger partial charge in [-0.1, -0.05) is 12.1 Å². The number of fused-ring (bicyclic) bond motifs is 1. The second-order valence-corrected chi connectivity index (χ2v) is 9.13. The van der Waals surface area contributed by atoms with Crippen LogP contribution in [0.1, 0.15) is 10.5 Å². The Morgan fingerprint density at radius 3 is 2.62 bits per heavy atom. The fraction of sp³-hybridized carbons (Fsp3) is 0.318. The molecule has 32 heavy (non-hydrogen) atoms. The molecule has 170 valence electrons. The Labute approximate surface area is 186 Å². The van der Waals surface area contributed by atoms with E-state index in [-0.39, 0.29) is 10.8 Å². The monoisotopic (exact) mass is 458 g/mol. The highest BCUT2D eigenvalue weighted by Crippen LogP contribution is 2.26. The molecule has 0 atom stereocenters. The first kappa shape index (κ1) is 22.1. The third kappa shape index (κ3) is 5.04. The number of carbonyl (C=O) groups is 1. The lowest BCUT2D eigenvalue weighted by atomic mass is 10.2. The number of aromatic amines is 1. The summed E-state index contributed by atoms with van der Waals surface area (Å²) in [5.74, 6) is 0.332. The minimum Gasteiger partial charge on any atom is -0.497 e. The molecule has 4 rings (SSSR count). The molecule has 10 heteroatoms. The first-order valence-electron chi connectivity index (χ1n) is 10.3. The van der Waals surface area contributed by atoms with Crippen molar-refractivity contribution in [1.82, 2.24) is 15.2 Å². The van der Waals surface area contributed by atoms with Gasteiger partial charge in [0, 0.05) is 31.6 Å². The summed E-state index contributed by atoms with van der Waals surface area (Å²) < 4.78 is 38.6. The Morgan fingerprint density at radius 2 is 1.91 bits per heavy atom. The molecule has 0 aliphatic carbocycles. The zero-order chi connectivity index (χ0) is 22.6. The average molecular weight is 459 g/mol. The van der Waals surface area contributed by atoms with E-state index in [1.807, 2.05) is 6.07 Å². The number of H-pyrrole nitrogens is 1. The summed E-state index contributed by atoms with van der Waals surface area (Å²) in [6.45, 7) is 4.42. The van der Waals surface area contributed by atoms with Gasteiger partial charge in [0.25, 0.3) is 15.9 Å². The van der Waals surface area contributed by atoms with E-state index in [4.69, 9.17) is 9.47 Å². The van der Waals surface area contributed by atoms with Gasteiger partial charge in [0.15, 0.2) is 0 Å². The van der Waals surface area contributed by atoms with E-state index in [1.165, 1.54) is 19.2 Å². The predicted molar refractivity (Wildman–Crippen MR) is 122 cm³/mol. The standard InChI is InChI=1S/C22H26N4O5S/c1-30-17-5-7-18(8-6-17)32(28,29)25-19-4-2-3-16-15-20(24-21(16)19)22(27)23-9-10-26-11-13-31-14-12-26/h2-8,15,24-25H,9-14H2,1H3,(H,23,27). The topological polar surface area (TPSA) is 113 Å². The summed E-state index contributed by atoms with van der Waals surface area (Å²) in [6.07, 6.45) is 0. The number of aromatic nitrogens is 1. The number of sulfonamides is 1. The summed E-state index contributed by atoms with van der Waals surface area (Å²) in [6, 6.07) is 13.0. The third-order valence-corrected chi connectivity index (χ3v) is 6.71. The summed E-state index contributed by atoms with van der Waals surface area (Å²) in [5, 5.41) is 3.64. The molecule has 1 aromatic heterocycles. The van der Waals surface area contributed by atoms with Gasteiger partial charge in [0.05, 0.1) is 36.4 Å². The maximum atomic E-state index is 12.8. The molecule has 0 bridgehead atoms. The predicted octanol–water partition coefficient (Wildman–Crippen LogP) is 2.04. The Hall–Kier alpha value is -3.08. The Kier molecular flexibility index (Phi) is 6.63. The first-order chi connectivity index (χ1) is 15.5. The number of amides is 1. The number of para-hydroxylation sites is 1. The van der Waals surface area contributed by atoms with Crippen molar-refractivity contribution in [3.05, 3.63) is 54.2 Å². The summed E-state index contributed by atoms with van der Waals surface area (Å²) in [4.78, 5) is 18.0.